The summed E-state index contributed by atoms with van der Waals surface area (Å²) in [7, 11) is 0. The lowest BCUT2D eigenvalue weighted by atomic mass is 10.2. The molecule has 0 atom stereocenters. The number of carbonyl (C=O) groups is 1. The van der Waals surface area contributed by atoms with Crippen molar-refractivity contribution in [2.24, 2.45) is 0 Å². The van der Waals surface area contributed by atoms with Crippen LogP contribution in [0.25, 0.3) is 16.3 Å². The average molecular weight is 409 g/mol. The molecule has 23 heavy (non-hydrogen) atoms. The molecule has 4 nitrogen and oxygen atoms in total. The summed E-state index contributed by atoms with van der Waals surface area (Å²) in [5.41, 5.74) is 2.26. The third-order valence-electron chi connectivity index (χ3n) is 3.19. The van der Waals surface area contributed by atoms with E-state index in [-0.39, 0.29) is 5.97 Å². The quantitative estimate of drug-likeness (QED) is 0.476. The van der Waals surface area contributed by atoms with Crippen LogP contribution in [0.4, 0.5) is 0 Å². The maximum atomic E-state index is 11.9. The molecule has 3 rings (SSSR count). The van der Waals surface area contributed by atoms with Gasteiger partial charge >= 0.3 is 5.97 Å². The summed E-state index contributed by atoms with van der Waals surface area (Å²) in [5, 5.41) is 0. The van der Waals surface area contributed by atoms with E-state index in [0.717, 1.165) is 20.0 Å². The second kappa shape index (κ2) is 6.82. The number of hydrogen-bond donors (Lipinski definition) is 1. The Morgan fingerprint density at radius 3 is 2.91 bits per heavy atom. The van der Waals surface area contributed by atoms with Gasteiger partial charge in [0.25, 0.3) is 0 Å². The van der Waals surface area contributed by atoms with E-state index in [9.17, 15) is 4.79 Å². The van der Waals surface area contributed by atoms with Gasteiger partial charge in [0.2, 0.25) is 0 Å². The highest BCUT2D eigenvalue weighted by molar-refractivity contribution is 9.11. The molecule has 0 fully saturated rings. The SMILES string of the molecule is CCOC(=O)c1cccc(-n2cc(-c3ccc(Br)s3)[nH]c2=S)c1. The van der Waals surface area contributed by atoms with Gasteiger partial charge in [0.05, 0.1) is 26.5 Å². The summed E-state index contributed by atoms with van der Waals surface area (Å²) >= 11 is 10.5. The van der Waals surface area contributed by atoms with E-state index in [1.165, 1.54) is 0 Å². The van der Waals surface area contributed by atoms with Crippen LogP contribution in [0, 0.1) is 4.77 Å². The molecule has 1 N–H and O–H groups in total. The van der Waals surface area contributed by atoms with Crippen molar-refractivity contribution in [1.29, 1.82) is 0 Å². The van der Waals surface area contributed by atoms with E-state index in [0.29, 0.717) is 16.9 Å². The summed E-state index contributed by atoms with van der Waals surface area (Å²) < 4.78 is 8.52. The van der Waals surface area contributed by atoms with E-state index < -0.39 is 0 Å². The normalized spacial score (nSPS) is 10.7. The van der Waals surface area contributed by atoms with Crippen LogP contribution >= 0.6 is 39.5 Å². The summed E-state index contributed by atoms with van der Waals surface area (Å²) in [5.74, 6) is -0.334. The number of hydrogen-bond acceptors (Lipinski definition) is 4. The fraction of sp³-hybridized carbons (Fsp3) is 0.125. The number of aromatic nitrogens is 2. The van der Waals surface area contributed by atoms with Crippen LogP contribution in [0.15, 0.2) is 46.4 Å². The highest BCUT2D eigenvalue weighted by atomic mass is 79.9. The van der Waals surface area contributed by atoms with Crippen molar-refractivity contribution in [3.8, 4) is 16.3 Å². The zero-order valence-electron chi connectivity index (χ0n) is 12.2. The number of halogens is 1. The first kappa shape index (κ1) is 16.2. The summed E-state index contributed by atoms with van der Waals surface area (Å²) in [6.45, 7) is 2.14. The molecule has 0 amide bonds. The van der Waals surface area contributed by atoms with E-state index in [1.807, 2.05) is 35.0 Å². The number of imidazole rings is 1. The van der Waals surface area contributed by atoms with Crippen molar-refractivity contribution < 1.29 is 9.53 Å². The lowest BCUT2D eigenvalue weighted by Gasteiger charge is -2.05. The van der Waals surface area contributed by atoms with Crippen molar-refractivity contribution >= 4 is 45.5 Å². The smallest absolute Gasteiger partial charge is 0.338 e. The molecule has 0 spiro atoms. The average Bonchev–Trinajstić information content (AvgIpc) is 3.13. The van der Waals surface area contributed by atoms with Gasteiger partial charge in [-0.15, -0.1) is 11.3 Å². The second-order valence-electron chi connectivity index (χ2n) is 4.72. The predicted molar refractivity (Wildman–Crippen MR) is 97.9 cm³/mol. The number of carbonyl (C=O) groups excluding carboxylic acids is 1. The Morgan fingerprint density at radius 1 is 1.39 bits per heavy atom. The zero-order chi connectivity index (χ0) is 16.4. The first-order chi connectivity index (χ1) is 11.1. The minimum absolute atomic E-state index is 0.334. The van der Waals surface area contributed by atoms with Crippen LogP contribution in [-0.2, 0) is 4.74 Å². The van der Waals surface area contributed by atoms with Gasteiger partial charge in [0, 0.05) is 11.9 Å². The monoisotopic (exact) mass is 408 g/mol. The molecule has 0 saturated heterocycles. The molecular weight excluding hydrogens is 396 g/mol. The van der Waals surface area contributed by atoms with E-state index in [2.05, 4.69) is 20.9 Å². The Bertz CT molecular complexity index is 911. The molecule has 1 aromatic carbocycles. The molecule has 0 saturated carbocycles. The first-order valence-corrected chi connectivity index (χ1v) is 8.95. The van der Waals surface area contributed by atoms with Crippen LogP contribution < -0.4 is 0 Å². The van der Waals surface area contributed by atoms with Gasteiger partial charge in [0.1, 0.15) is 0 Å². The molecule has 2 aromatic heterocycles. The maximum absolute atomic E-state index is 11.9. The number of benzene rings is 1. The Kier molecular flexibility index (Phi) is 4.79. The first-order valence-electron chi connectivity index (χ1n) is 6.93. The molecule has 0 bridgehead atoms. The van der Waals surface area contributed by atoms with Crippen LogP contribution in [0.5, 0.6) is 0 Å². The lowest BCUT2D eigenvalue weighted by Crippen LogP contribution is -2.05. The Morgan fingerprint density at radius 2 is 2.22 bits per heavy atom. The predicted octanol–water partition coefficient (Wildman–Crippen LogP) is 5.20. The van der Waals surface area contributed by atoms with Crippen molar-refractivity contribution in [3.05, 3.63) is 56.7 Å². The fourth-order valence-corrected chi connectivity index (χ4v) is 3.79. The van der Waals surface area contributed by atoms with Crippen LogP contribution in [0.3, 0.4) is 0 Å². The molecule has 2 heterocycles. The molecule has 0 aliphatic carbocycles. The molecular formula is C16H13BrN2O2S2. The van der Waals surface area contributed by atoms with Crippen LogP contribution in [0.2, 0.25) is 0 Å². The van der Waals surface area contributed by atoms with Gasteiger partial charge in [-0.1, -0.05) is 6.07 Å². The van der Waals surface area contributed by atoms with Gasteiger partial charge < -0.3 is 9.72 Å². The van der Waals surface area contributed by atoms with Crippen molar-refractivity contribution in [3.63, 3.8) is 0 Å². The minimum Gasteiger partial charge on any atom is -0.462 e. The number of nitrogens with zero attached hydrogens (tertiary/aromatic N) is 1. The number of thiophene rings is 1. The van der Waals surface area contributed by atoms with E-state index >= 15 is 0 Å². The third-order valence-corrected chi connectivity index (χ3v) is 5.15. The fourth-order valence-electron chi connectivity index (χ4n) is 2.17. The van der Waals surface area contributed by atoms with E-state index in [1.54, 1.807) is 30.4 Å². The second-order valence-corrected chi connectivity index (χ2v) is 7.57. The van der Waals surface area contributed by atoms with Gasteiger partial charge in [-0.05, 0) is 65.4 Å². The van der Waals surface area contributed by atoms with Gasteiger partial charge in [-0.3, -0.25) is 4.57 Å². The van der Waals surface area contributed by atoms with Crippen LogP contribution in [-0.4, -0.2) is 22.1 Å². The minimum atomic E-state index is -0.334. The Labute approximate surface area is 150 Å². The number of esters is 1. The summed E-state index contributed by atoms with van der Waals surface area (Å²) in [4.78, 5) is 16.2. The summed E-state index contributed by atoms with van der Waals surface area (Å²) in [6.07, 6.45) is 1.94. The number of H-pyrrole nitrogens is 1. The van der Waals surface area contributed by atoms with E-state index in [4.69, 9.17) is 17.0 Å². The van der Waals surface area contributed by atoms with Crippen LogP contribution in [0.1, 0.15) is 17.3 Å². The molecule has 0 radical (unpaired) electrons. The number of rotatable bonds is 4. The highest BCUT2D eigenvalue weighted by Crippen LogP contribution is 2.30. The highest BCUT2D eigenvalue weighted by Gasteiger charge is 2.10. The summed E-state index contributed by atoms with van der Waals surface area (Å²) in [6, 6.07) is 11.2. The number of nitrogens with one attached hydrogen (secondary N) is 1. The van der Waals surface area contributed by atoms with Crippen molar-refractivity contribution in [2.75, 3.05) is 6.61 Å². The third kappa shape index (κ3) is 3.46. The van der Waals surface area contributed by atoms with Crippen molar-refractivity contribution in [1.82, 2.24) is 9.55 Å². The lowest BCUT2D eigenvalue weighted by molar-refractivity contribution is 0.0526. The van der Waals surface area contributed by atoms with Gasteiger partial charge in [0.15, 0.2) is 4.77 Å². The van der Waals surface area contributed by atoms with Gasteiger partial charge in [-0.2, -0.15) is 0 Å². The molecule has 7 heteroatoms. The largest absolute Gasteiger partial charge is 0.462 e. The van der Waals surface area contributed by atoms with Crippen molar-refractivity contribution in [2.45, 2.75) is 6.92 Å². The number of ether oxygens (including phenoxy) is 1. The number of aromatic amines is 1. The Balaban J connectivity index is 1.99. The molecule has 0 aliphatic rings. The Hall–Kier alpha value is -1.70. The van der Waals surface area contributed by atoms with Gasteiger partial charge in [-0.25, -0.2) is 4.79 Å². The topological polar surface area (TPSA) is 47.0 Å². The molecule has 118 valence electrons. The molecule has 0 unspecified atom stereocenters. The molecule has 0 aliphatic heterocycles. The standard InChI is InChI=1S/C16H13BrN2O2S2/c1-2-21-15(20)10-4-3-5-11(8-10)19-9-12(18-16(19)22)13-6-7-14(17)23-13/h3-9H,2H2,1H3,(H,18,22). The molecule has 3 aromatic rings. The zero-order valence-corrected chi connectivity index (χ0v) is 15.4. The maximum Gasteiger partial charge on any atom is 0.338 e.